The van der Waals surface area contributed by atoms with Gasteiger partial charge in [0.25, 0.3) is 5.91 Å². The van der Waals surface area contributed by atoms with Gasteiger partial charge in [-0.25, -0.2) is 4.98 Å². The second kappa shape index (κ2) is 9.33. The number of carbonyl (C=O) groups is 2. The fourth-order valence-corrected chi connectivity index (χ4v) is 4.75. The van der Waals surface area contributed by atoms with Crippen LogP contribution in [0, 0.1) is 5.92 Å². The summed E-state index contributed by atoms with van der Waals surface area (Å²) in [6, 6.07) is 4.29. The summed E-state index contributed by atoms with van der Waals surface area (Å²) in [5.74, 6) is 0.952. The Bertz CT molecular complexity index is 731. The molecule has 3 fully saturated rings. The minimum atomic E-state index is -0.0680. The molecule has 0 atom stereocenters. The maximum absolute atomic E-state index is 13.0. The van der Waals surface area contributed by atoms with Crippen molar-refractivity contribution in [2.24, 2.45) is 5.92 Å². The molecule has 1 saturated heterocycles. The van der Waals surface area contributed by atoms with Gasteiger partial charge in [0.15, 0.2) is 0 Å². The van der Waals surface area contributed by atoms with Gasteiger partial charge >= 0.3 is 0 Å². The maximum atomic E-state index is 13.0. The molecule has 0 radical (unpaired) electrons. The highest BCUT2D eigenvalue weighted by atomic mass is 16.5. The molecule has 4 rings (SSSR count). The number of carbonyl (C=O) groups excluding carboxylic acids is 2. The number of hydrogen-bond acceptors (Lipinski definition) is 5. The first-order chi connectivity index (χ1) is 14.5. The number of pyridine rings is 1. The van der Waals surface area contributed by atoms with Crippen LogP contribution >= 0.6 is 0 Å². The molecule has 2 amide bonds. The zero-order valence-electron chi connectivity index (χ0n) is 18.3. The Morgan fingerprint density at radius 2 is 1.70 bits per heavy atom. The average molecular weight is 415 g/mol. The normalized spacial score (nSPS) is 25.5. The number of aromatic nitrogens is 1. The predicted molar refractivity (Wildman–Crippen MR) is 114 cm³/mol. The second-order valence-corrected chi connectivity index (χ2v) is 9.12. The van der Waals surface area contributed by atoms with Crippen molar-refractivity contribution in [1.82, 2.24) is 19.7 Å². The van der Waals surface area contributed by atoms with E-state index in [1.165, 1.54) is 24.2 Å². The molecule has 30 heavy (non-hydrogen) atoms. The third-order valence-corrected chi connectivity index (χ3v) is 6.92. The molecule has 7 nitrogen and oxygen atoms in total. The quantitative estimate of drug-likeness (QED) is 0.740. The molecule has 0 unspecified atom stereocenters. The molecule has 0 N–H and O–H groups in total. The number of piperazine rings is 1. The summed E-state index contributed by atoms with van der Waals surface area (Å²) >= 11 is 0. The molecule has 1 aliphatic heterocycles. The lowest BCUT2D eigenvalue weighted by atomic mass is 9.86. The van der Waals surface area contributed by atoms with E-state index < -0.39 is 0 Å². The van der Waals surface area contributed by atoms with Crippen LogP contribution in [0.25, 0.3) is 0 Å². The molecule has 3 aliphatic rings. The number of hydrogen-bond donors (Lipinski definition) is 0. The first kappa shape index (κ1) is 21.1. The van der Waals surface area contributed by atoms with Crippen LogP contribution in [0.2, 0.25) is 0 Å². The summed E-state index contributed by atoms with van der Waals surface area (Å²) in [6.45, 7) is 3.83. The fourth-order valence-electron chi connectivity index (χ4n) is 4.75. The van der Waals surface area contributed by atoms with Crippen molar-refractivity contribution in [3.8, 4) is 5.88 Å². The lowest BCUT2D eigenvalue weighted by molar-refractivity contribution is -0.139. The first-order valence-electron chi connectivity index (χ1n) is 11.4. The Balaban J connectivity index is 1.21. The van der Waals surface area contributed by atoms with E-state index in [4.69, 9.17) is 4.74 Å². The standard InChI is InChI=1S/C23H34N4O3/c1-25(2)22(28)18-8-11-21(24-16-18)30-20-9-6-17(7-10-20)23(29)27-14-12-26(13-15-27)19-4-3-5-19/h8,11,16-17,19-20H,3-7,9-10,12-15H2,1-2H3. The van der Waals surface area contributed by atoms with Crippen LogP contribution in [0.4, 0.5) is 0 Å². The van der Waals surface area contributed by atoms with E-state index in [0.717, 1.165) is 57.9 Å². The summed E-state index contributed by atoms with van der Waals surface area (Å²) in [4.78, 5) is 35.4. The smallest absolute Gasteiger partial charge is 0.254 e. The van der Waals surface area contributed by atoms with E-state index in [1.807, 2.05) is 0 Å². The number of rotatable bonds is 5. The number of nitrogens with zero attached hydrogens (tertiary/aromatic N) is 4. The van der Waals surface area contributed by atoms with Gasteiger partial charge in [0, 0.05) is 64.5 Å². The Kier molecular flexibility index (Phi) is 6.56. The molecule has 2 aliphatic carbocycles. The van der Waals surface area contributed by atoms with Crippen LogP contribution in [-0.4, -0.2) is 83.9 Å². The van der Waals surface area contributed by atoms with E-state index in [9.17, 15) is 9.59 Å². The molecule has 7 heteroatoms. The predicted octanol–water partition coefficient (Wildman–Crippen LogP) is 2.42. The van der Waals surface area contributed by atoms with Crippen molar-refractivity contribution >= 4 is 11.8 Å². The van der Waals surface area contributed by atoms with Crippen LogP contribution in [0.3, 0.4) is 0 Å². The second-order valence-electron chi connectivity index (χ2n) is 9.12. The topological polar surface area (TPSA) is 66.0 Å². The summed E-state index contributed by atoms with van der Waals surface area (Å²) in [6.07, 6.45) is 9.19. The summed E-state index contributed by atoms with van der Waals surface area (Å²) in [7, 11) is 3.45. The van der Waals surface area contributed by atoms with E-state index in [-0.39, 0.29) is 17.9 Å². The van der Waals surface area contributed by atoms with Gasteiger partial charge in [0.1, 0.15) is 6.10 Å². The number of amides is 2. The molecule has 1 aromatic rings. The van der Waals surface area contributed by atoms with Gasteiger partial charge in [-0.05, 0) is 44.6 Å². The van der Waals surface area contributed by atoms with Crippen molar-refractivity contribution in [2.45, 2.75) is 57.1 Å². The Hall–Kier alpha value is -2.15. The van der Waals surface area contributed by atoms with Gasteiger partial charge in [-0.15, -0.1) is 0 Å². The minimum absolute atomic E-state index is 0.0680. The van der Waals surface area contributed by atoms with Crippen molar-refractivity contribution in [3.63, 3.8) is 0 Å². The minimum Gasteiger partial charge on any atom is -0.474 e. The van der Waals surface area contributed by atoms with Crippen LogP contribution in [0.1, 0.15) is 55.3 Å². The SMILES string of the molecule is CN(C)C(=O)c1ccc(OC2CCC(C(=O)N3CCN(C4CCC4)CC3)CC2)nc1. The molecular weight excluding hydrogens is 380 g/mol. The summed E-state index contributed by atoms with van der Waals surface area (Å²) in [5, 5.41) is 0. The van der Waals surface area contributed by atoms with Crippen LogP contribution in [-0.2, 0) is 4.79 Å². The van der Waals surface area contributed by atoms with E-state index >= 15 is 0 Å². The molecule has 2 saturated carbocycles. The fraction of sp³-hybridized carbons (Fsp3) is 0.696. The van der Waals surface area contributed by atoms with E-state index in [1.54, 1.807) is 32.4 Å². The third-order valence-electron chi connectivity index (χ3n) is 6.92. The maximum Gasteiger partial charge on any atom is 0.254 e. The van der Waals surface area contributed by atoms with E-state index in [2.05, 4.69) is 14.8 Å². The molecule has 2 heterocycles. The van der Waals surface area contributed by atoms with Crippen LogP contribution in [0.5, 0.6) is 5.88 Å². The van der Waals surface area contributed by atoms with E-state index in [0.29, 0.717) is 17.4 Å². The lowest BCUT2D eigenvalue weighted by Crippen LogP contribution is -2.54. The molecule has 1 aromatic heterocycles. The molecule has 0 aromatic carbocycles. The zero-order chi connectivity index (χ0) is 21.1. The molecule has 0 bridgehead atoms. The highest BCUT2D eigenvalue weighted by molar-refractivity contribution is 5.93. The average Bonchev–Trinajstić information content (AvgIpc) is 2.73. The summed E-state index contributed by atoms with van der Waals surface area (Å²) < 4.78 is 6.02. The Labute approximate surface area is 179 Å². The van der Waals surface area contributed by atoms with Crippen molar-refractivity contribution < 1.29 is 14.3 Å². The lowest BCUT2D eigenvalue weighted by Gasteiger charge is -2.43. The van der Waals surface area contributed by atoms with Crippen molar-refractivity contribution in [3.05, 3.63) is 23.9 Å². The third kappa shape index (κ3) is 4.77. The highest BCUT2D eigenvalue weighted by Gasteiger charge is 2.34. The van der Waals surface area contributed by atoms with Gasteiger partial charge in [0.05, 0.1) is 5.56 Å². The van der Waals surface area contributed by atoms with Crippen molar-refractivity contribution in [2.75, 3.05) is 40.3 Å². The Morgan fingerprint density at radius 3 is 2.23 bits per heavy atom. The Morgan fingerprint density at radius 1 is 1.00 bits per heavy atom. The van der Waals surface area contributed by atoms with Crippen molar-refractivity contribution in [1.29, 1.82) is 0 Å². The zero-order valence-corrected chi connectivity index (χ0v) is 18.3. The largest absolute Gasteiger partial charge is 0.474 e. The summed E-state index contributed by atoms with van der Waals surface area (Å²) in [5.41, 5.74) is 0.555. The molecular formula is C23H34N4O3. The van der Waals surface area contributed by atoms with Gasteiger partial charge in [-0.2, -0.15) is 0 Å². The number of ether oxygens (including phenoxy) is 1. The highest BCUT2D eigenvalue weighted by Crippen LogP contribution is 2.30. The van der Waals surface area contributed by atoms with Gasteiger partial charge in [-0.3, -0.25) is 14.5 Å². The van der Waals surface area contributed by atoms with Crippen LogP contribution < -0.4 is 4.74 Å². The monoisotopic (exact) mass is 414 g/mol. The van der Waals surface area contributed by atoms with Gasteiger partial charge < -0.3 is 14.5 Å². The first-order valence-corrected chi connectivity index (χ1v) is 11.4. The van der Waals surface area contributed by atoms with Crippen LogP contribution in [0.15, 0.2) is 18.3 Å². The van der Waals surface area contributed by atoms with Gasteiger partial charge in [0.2, 0.25) is 11.8 Å². The molecule has 0 spiro atoms. The molecule has 164 valence electrons. The van der Waals surface area contributed by atoms with Gasteiger partial charge in [-0.1, -0.05) is 6.42 Å².